The normalized spacial score (nSPS) is 12.3. The smallest absolute Gasteiger partial charge is 0.273 e. The predicted molar refractivity (Wildman–Crippen MR) is 95.1 cm³/mol. The van der Waals surface area contributed by atoms with E-state index in [0.29, 0.717) is 18.8 Å². The summed E-state index contributed by atoms with van der Waals surface area (Å²) in [6.07, 6.45) is 3.07. The van der Waals surface area contributed by atoms with E-state index in [1.165, 1.54) is 11.9 Å². The van der Waals surface area contributed by atoms with E-state index in [4.69, 9.17) is 4.52 Å². The maximum Gasteiger partial charge on any atom is 0.273 e. The average Bonchev–Trinajstić information content (AvgIpc) is 3.27. The van der Waals surface area contributed by atoms with E-state index < -0.39 is 0 Å². The van der Waals surface area contributed by atoms with Crippen molar-refractivity contribution >= 4 is 5.91 Å². The van der Waals surface area contributed by atoms with E-state index in [9.17, 15) is 4.79 Å². The van der Waals surface area contributed by atoms with Crippen LogP contribution in [0.5, 0.6) is 0 Å². The van der Waals surface area contributed by atoms with Gasteiger partial charge in [0, 0.05) is 18.7 Å². The SMILES string of the molecule is CC(Cn1cncn1)NC(=O)c1cc(CN(C)Cc2ccccc2)on1. The number of aromatic nitrogens is 4. The summed E-state index contributed by atoms with van der Waals surface area (Å²) in [4.78, 5) is 18.3. The number of hydrogen-bond acceptors (Lipinski definition) is 6. The van der Waals surface area contributed by atoms with Crippen LogP contribution >= 0.6 is 0 Å². The molecular weight excluding hydrogens is 332 g/mol. The summed E-state index contributed by atoms with van der Waals surface area (Å²) in [5, 5.41) is 10.8. The highest BCUT2D eigenvalue weighted by atomic mass is 16.5. The van der Waals surface area contributed by atoms with Gasteiger partial charge in [-0.1, -0.05) is 35.5 Å². The van der Waals surface area contributed by atoms with Gasteiger partial charge in [0.15, 0.2) is 11.5 Å². The van der Waals surface area contributed by atoms with Gasteiger partial charge in [-0.05, 0) is 19.5 Å². The standard InChI is InChI=1S/C18H22N6O2/c1-14(9-24-13-19-12-20-24)21-18(25)17-8-16(26-22-17)11-23(2)10-15-6-4-3-5-7-15/h3-8,12-14H,9-11H2,1-2H3,(H,21,25). The lowest BCUT2D eigenvalue weighted by molar-refractivity contribution is 0.0926. The van der Waals surface area contributed by atoms with Gasteiger partial charge in [-0.15, -0.1) is 0 Å². The van der Waals surface area contributed by atoms with Crippen LogP contribution in [0.1, 0.15) is 28.7 Å². The summed E-state index contributed by atoms with van der Waals surface area (Å²) < 4.78 is 6.97. The molecular formula is C18H22N6O2. The van der Waals surface area contributed by atoms with Crippen LogP contribution in [0.4, 0.5) is 0 Å². The number of rotatable bonds is 8. The quantitative estimate of drug-likeness (QED) is 0.662. The van der Waals surface area contributed by atoms with Crippen LogP contribution in [-0.2, 0) is 19.6 Å². The predicted octanol–water partition coefficient (Wildman–Crippen LogP) is 1.72. The zero-order chi connectivity index (χ0) is 18.4. The van der Waals surface area contributed by atoms with Gasteiger partial charge in [0.25, 0.3) is 5.91 Å². The monoisotopic (exact) mass is 354 g/mol. The summed E-state index contributed by atoms with van der Waals surface area (Å²) in [6, 6.07) is 11.7. The Kier molecular flexibility index (Phi) is 5.75. The van der Waals surface area contributed by atoms with E-state index in [-0.39, 0.29) is 17.6 Å². The van der Waals surface area contributed by atoms with Crippen molar-refractivity contribution in [2.75, 3.05) is 7.05 Å². The second-order valence-electron chi connectivity index (χ2n) is 6.33. The van der Waals surface area contributed by atoms with Crippen LogP contribution in [0.15, 0.2) is 53.6 Å². The van der Waals surface area contributed by atoms with Crippen molar-refractivity contribution in [1.29, 1.82) is 0 Å². The van der Waals surface area contributed by atoms with E-state index in [1.807, 2.05) is 32.2 Å². The Hall–Kier alpha value is -3.00. The minimum atomic E-state index is -0.265. The molecule has 2 aromatic heterocycles. The fourth-order valence-electron chi connectivity index (χ4n) is 2.66. The molecule has 1 aromatic carbocycles. The lowest BCUT2D eigenvalue weighted by Crippen LogP contribution is -2.36. The molecule has 1 atom stereocenters. The molecule has 1 amide bonds. The van der Waals surface area contributed by atoms with Crippen molar-refractivity contribution in [3.8, 4) is 0 Å². The third-order valence-corrected chi connectivity index (χ3v) is 3.82. The molecule has 1 N–H and O–H groups in total. The lowest BCUT2D eigenvalue weighted by Gasteiger charge is -2.14. The number of hydrogen-bond donors (Lipinski definition) is 1. The van der Waals surface area contributed by atoms with E-state index >= 15 is 0 Å². The summed E-state index contributed by atoms with van der Waals surface area (Å²) in [5.41, 5.74) is 1.49. The van der Waals surface area contributed by atoms with Crippen LogP contribution in [0.3, 0.4) is 0 Å². The number of amides is 1. The number of nitrogens with one attached hydrogen (secondary N) is 1. The Morgan fingerprint density at radius 1 is 1.31 bits per heavy atom. The molecule has 26 heavy (non-hydrogen) atoms. The molecule has 0 spiro atoms. The lowest BCUT2D eigenvalue weighted by atomic mass is 10.2. The van der Waals surface area contributed by atoms with Gasteiger partial charge in [-0.25, -0.2) is 4.98 Å². The summed E-state index contributed by atoms with van der Waals surface area (Å²) in [6.45, 7) is 3.80. The molecule has 0 bridgehead atoms. The van der Waals surface area contributed by atoms with Gasteiger partial charge < -0.3 is 9.84 Å². The van der Waals surface area contributed by atoms with Crippen molar-refractivity contribution in [2.45, 2.75) is 32.6 Å². The summed E-state index contributed by atoms with van der Waals surface area (Å²) in [5.74, 6) is 0.385. The van der Waals surface area contributed by atoms with E-state index in [0.717, 1.165) is 6.54 Å². The third kappa shape index (κ3) is 5.00. The molecule has 0 aliphatic rings. The number of benzene rings is 1. The molecule has 8 nitrogen and oxygen atoms in total. The molecule has 0 saturated carbocycles. The van der Waals surface area contributed by atoms with Crippen molar-refractivity contribution in [3.63, 3.8) is 0 Å². The van der Waals surface area contributed by atoms with Gasteiger partial charge in [-0.3, -0.25) is 14.4 Å². The Morgan fingerprint density at radius 2 is 2.12 bits per heavy atom. The molecule has 0 radical (unpaired) electrons. The molecule has 0 fully saturated rings. The first-order chi connectivity index (χ1) is 12.6. The molecule has 8 heteroatoms. The van der Waals surface area contributed by atoms with Gasteiger partial charge in [0.05, 0.1) is 13.1 Å². The second kappa shape index (κ2) is 8.39. The minimum Gasteiger partial charge on any atom is -0.359 e. The molecule has 0 aliphatic heterocycles. The Morgan fingerprint density at radius 3 is 2.85 bits per heavy atom. The minimum absolute atomic E-state index is 0.106. The molecule has 2 heterocycles. The maximum atomic E-state index is 12.3. The molecule has 0 saturated heterocycles. The van der Waals surface area contributed by atoms with Gasteiger partial charge in [-0.2, -0.15) is 5.10 Å². The molecule has 3 aromatic rings. The number of carbonyl (C=O) groups is 1. The first-order valence-electron chi connectivity index (χ1n) is 8.41. The van der Waals surface area contributed by atoms with Gasteiger partial charge >= 0.3 is 0 Å². The summed E-state index contributed by atoms with van der Waals surface area (Å²) in [7, 11) is 2.00. The Labute approximate surface area is 151 Å². The maximum absolute atomic E-state index is 12.3. The Bertz CT molecular complexity index is 815. The zero-order valence-electron chi connectivity index (χ0n) is 14.9. The fourth-order valence-corrected chi connectivity index (χ4v) is 2.66. The van der Waals surface area contributed by atoms with Crippen molar-refractivity contribution in [2.24, 2.45) is 0 Å². The van der Waals surface area contributed by atoms with Crippen LogP contribution in [0, 0.1) is 0 Å². The van der Waals surface area contributed by atoms with E-state index in [2.05, 4.69) is 37.6 Å². The molecule has 3 rings (SSSR count). The topological polar surface area (TPSA) is 89.1 Å². The number of carbonyl (C=O) groups excluding carboxylic acids is 1. The van der Waals surface area contributed by atoms with E-state index in [1.54, 1.807) is 17.1 Å². The highest BCUT2D eigenvalue weighted by molar-refractivity contribution is 5.92. The van der Waals surface area contributed by atoms with Crippen LogP contribution in [0.25, 0.3) is 0 Å². The van der Waals surface area contributed by atoms with Crippen molar-refractivity contribution in [3.05, 3.63) is 66.1 Å². The molecule has 0 aliphatic carbocycles. The summed E-state index contributed by atoms with van der Waals surface area (Å²) >= 11 is 0. The Balaban J connectivity index is 1.51. The molecule has 136 valence electrons. The first kappa shape index (κ1) is 17.8. The second-order valence-corrected chi connectivity index (χ2v) is 6.33. The van der Waals surface area contributed by atoms with Crippen molar-refractivity contribution in [1.82, 2.24) is 30.1 Å². The number of nitrogens with zero attached hydrogens (tertiary/aromatic N) is 5. The van der Waals surface area contributed by atoms with Crippen LogP contribution in [-0.4, -0.2) is 43.8 Å². The highest BCUT2D eigenvalue weighted by Gasteiger charge is 2.16. The fraction of sp³-hybridized carbons (Fsp3) is 0.333. The largest absolute Gasteiger partial charge is 0.359 e. The molecule has 1 unspecified atom stereocenters. The third-order valence-electron chi connectivity index (χ3n) is 3.82. The highest BCUT2D eigenvalue weighted by Crippen LogP contribution is 2.10. The first-order valence-corrected chi connectivity index (χ1v) is 8.41. The average molecular weight is 354 g/mol. The van der Waals surface area contributed by atoms with Gasteiger partial charge in [0.1, 0.15) is 12.7 Å². The van der Waals surface area contributed by atoms with Crippen LogP contribution in [0.2, 0.25) is 0 Å². The zero-order valence-corrected chi connectivity index (χ0v) is 14.9. The van der Waals surface area contributed by atoms with Gasteiger partial charge in [0.2, 0.25) is 0 Å². The van der Waals surface area contributed by atoms with Crippen molar-refractivity contribution < 1.29 is 9.32 Å². The van der Waals surface area contributed by atoms with Crippen LogP contribution < -0.4 is 5.32 Å².